The molecule has 0 atom stereocenters. The van der Waals surface area contributed by atoms with Gasteiger partial charge in [0.25, 0.3) is 0 Å². The zero-order valence-electron chi connectivity index (χ0n) is 18.8. The topological polar surface area (TPSA) is 31.4 Å². The zero-order chi connectivity index (χ0) is 22.2. The van der Waals surface area contributed by atoms with E-state index in [2.05, 4.69) is 44.2 Å². The Morgan fingerprint density at radius 1 is 0.719 bits per heavy atom. The number of pyridine rings is 1. The second-order valence-corrected chi connectivity index (χ2v) is 7.96. The number of aryl methyl sites for hydroxylation is 2. The van der Waals surface area contributed by atoms with Crippen LogP contribution in [0.3, 0.4) is 0 Å². The first-order valence-electron chi connectivity index (χ1n) is 11.2. The standard InChI is InChI=1S/C29H29NO2/c1-3-11-27-29(31-21-23-12-6-4-7-13-23)18-22(2)28(30-27)20-24-14-10-17-26(19-24)32-25-15-8-5-9-16-25/h4-10,12-19H,3,11,20-21H2,1-2H3. The molecule has 0 aliphatic heterocycles. The fraction of sp³-hybridized carbons (Fsp3) is 0.207. The highest BCUT2D eigenvalue weighted by Gasteiger charge is 2.12. The van der Waals surface area contributed by atoms with Crippen LogP contribution >= 0.6 is 0 Å². The molecular weight excluding hydrogens is 394 g/mol. The van der Waals surface area contributed by atoms with E-state index in [0.717, 1.165) is 59.0 Å². The summed E-state index contributed by atoms with van der Waals surface area (Å²) in [5, 5.41) is 0. The predicted octanol–water partition coefficient (Wildman–Crippen LogP) is 7.30. The highest BCUT2D eigenvalue weighted by molar-refractivity contribution is 5.40. The minimum atomic E-state index is 0.552. The van der Waals surface area contributed by atoms with Gasteiger partial charge in [-0.1, -0.05) is 74.0 Å². The largest absolute Gasteiger partial charge is 0.487 e. The third-order valence-electron chi connectivity index (χ3n) is 5.33. The van der Waals surface area contributed by atoms with E-state index in [4.69, 9.17) is 14.5 Å². The van der Waals surface area contributed by atoms with Crippen molar-refractivity contribution in [3.8, 4) is 17.2 Å². The average Bonchev–Trinajstić information content (AvgIpc) is 2.82. The number of benzene rings is 3. The summed E-state index contributed by atoms with van der Waals surface area (Å²) in [6, 6.07) is 30.5. The lowest BCUT2D eigenvalue weighted by atomic mass is 10.0. The van der Waals surface area contributed by atoms with Crippen LogP contribution in [-0.4, -0.2) is 4.98 Å². The van der Waals surface area contributed by atoms with Gasteiger partial charge in [-0.25, -0.2) is 0 Å². The zero-order valence-corrected chi connectivity index (χ0v) is 18.8. The van der Waals surface area contributed by atoms with Gasteiger partial charge in [0.2, 0.25) is 0 Å². The molecule has 1 aromatic heterocycles. The Morgan fingerprint density at radius 3 is 2.16 bits per heavy atom. The van der Waals surface area contributed by atoms with E-state index in [1.165, 1.54) is 5.56 Å². The van der Waals surface area contributed by atoms with Crippen molar-refractivity contribution in [2.24, 2.45) is 0 Å². The molecule has 4 aromatic rings. The van der Waals surface area contributed by atoms with Gasteiger partial charge in [-0.3, -0.25) is 4.98 Å². The summed E-state index contributed by atoms with van der Waals surface area (Å²) < 4.78 is 12.2. The first kappa shape index (κ1) is 21.6. The van der Waals surface area contributed by atoms with Gasteiger partial charge in [-0.15, -0.1) is 0 Å². The Morgan fingerprint density at radius 2 is 1.41 bits per heavy atom. The summed E-state index contributed by atoms with van der Waals surface area (Å²) in [7, 11) is 0. The number of hydrogen-bond acceptors (Lipinski definition) is 3. The molecule has 162 valence electrons. The van der Waals surface area contributed by atoms with Crippen LogP contribution in [-0.2, 0) is 19.4 Å². The Bertz CT molecular complexity index is 1140. The Labute approximate surface area is 190 Å². The molecule has 4 rings (SSSR count). The number of nitrogens with zero attached hydrogens (tertiary/aromatic N) is 1. The van der Waals surface area contributed by atoms with Crippen LogP contribution in [0.15, 0.2) is 91.0 Å². The van der Waals surface area contributed by atoms with Crippen molar-refractivity contribution in [2.45, 2.75) is 39.7 Å². The molecular formula is C29H29NO2. The maximum atomic E-state index is 6.16. The summed E-state index contributed by atoms with van der Waals surface area (Å²) in [6.07, 6.45) is 2.68. The van der Waals surface area contributed by atoms with Gasteiger partial charge in [0.05, 0.1) is 5.69 Å². The monoisotopic (exact) mass is 423 g/mol. The van der Waals surface area contributed by atoms with E-state index < -0.39 is 0 Å². The molecule has 0 aliphatic rings. The molecule has 32 heavy (non-hydrogen) atoms. The second-order valence-electron chi connectivity index (χ2n) is 7.96. The lowest BCUT2D eigenvalue weighted by molar-refractivity contribution is 0.300. The third-order valence-corrected chi connectivity index (χ3v) is 5.33. The molecule has 1 heterocycles. The minimum Gasteiger partial charge on any atom is -0.487 e. The Kier molecular flexibility index (Phi) is 7.19. The van der Waals surface area contributed by atoms with Crippen molar-refractivity contribution in [1.82, 2.24) is 4.98 Å². The average molecular weight is 424 g/mol. The van der Waals surface area contributed by atoms with Gasteiger partial charge in [0.1, 0.15) is 23.9 Å². The van der Waals surface area contributed by atoms with Gasteiger partial charge < -0.3 is 9.47 Å². The van der Waals surface area contributed by atoms with Crippen LogP contribution < -0.4 is 9.47 Å². The summed E-state index contributed by atoms with van der Waals surface area (Å²) >= 11 is 0. The van der Waals surface area contributed by atoms with Gasteiger partial charge >= 0.3 is 0 Å². The lowest BCUT2D eigenvalue weighted by Gasteiger charge is -2.15. The summed E-state index contributed by atoms with van der Waals surface area (Å²) in [4.78, 5) is 5.02. The molecule has 3 aromatic carbocycles. The smallest absolute Gasteiger partial charge is 0.141 e. The molecule has 0 amide bonds. The predicted molar refractivity (Wildman–Crippen MR) is 130 cm³/mol. The molecule has 0 radical (unpaired) electrons. The number of rotatable bonds is 9. The number of aromatic nitrogens is 1. The Balaban J connectivity index is 1.52. The maximum Gasteiger partial charge on any atom is 0.141 e. The van der Waals surface area contributed by atoms with Crippen molar-refractivity contribution >= 4 is 0 Å². The van der Waals surface area contributed by atoms with Crippen molar-refractivity contribution in [1.29, 1.82) is 0 Å². The van der Waals surface area contributed by atoms with Crippen LogP contribution in [0.2, 0.25) is 0 Å². The van der Waals surface area contributed by atoms with E-state index in [9.17, 15) is 0 Å². The van der Waals surface area contributed by atoms with E-state index in [1.807, 2.05) is 60.7 Å². The molecule has 0 saturated heterocycles. The minimum absolute atomic E-state index is 0.552. The summed E-state index contributed by atoms with van der Waals surface area (Å²) in [6.45, 7) is 4.83. The van der Waals surface area contributed by atoms with Crippen LogP contribution in [0.4, 0.5) is 0 Å². The first-order valence-corrected chi connectivity index (χ1v) is 11.2. The molecule has 0 bridgehead atoms. The van der Waals surface area contributed by atoms with Crippen LogP contribution in [0.5, 0.6) is 17.2 Å². The lowest BCUT2D eigenvalue weighted by Crippen LogP contribution is -2.05. The molecule has 0 saturated carbocycles. The molecule has 3 nitrogen and oxygen atoms in total. The quantitative estimate of drug-likeness (QED) is 0.283. The van der Waals surface area contributed by atoms with E-state index in [-0.39, 0.29) is 0 Å². The molecule has 0 aliphatic carbocycles. The fourth-order valence-corrected chi connectivity index (χ4v) is 3.66. The van der Waals surface area contributed by atoms with Gasteiger partial charge in [0, 0.05) is 12.1 Å². The fourth-order valence-electron chi connectivity index (χ4n) is 3.66. The summed E-state index contributed by atoms with van der Waals surface area (Å²) in [5.74, 6) is 2.56. The molecule has 0 fully saturated rings. The maximum absolute atomic E-state index is 6.16. The van der Waals surface area contributed by atoms with E-state index >= 15 is 0 Å². The van der Waals surface area contributed by atoms with Crippen LogP contribution in [0, 0.1) is 6.92 Å². The first-order chi connectivity index (χ1) is 15.7. The van der Waals surface area contributed by atoms with Crippen molar-refractivity contribution in [2.75, 3.05) is 0 Å². The van der Waals surface area contributed by atoms with Gasteiger partial charge in [0.15, 0.2) is 0 Å². The van der Waals surface area contributed by atoms with Crippen molar-refractivity contribution in [3.63, 3.8) is 0 Å². The van der Waals surface area contributed by atoms with Crippen molar-refractivity contribution in [3.05, 3.63) is 119 Å². The molecule has 0 N–H and O–H groups in total. The number of hydrogen-bond donors (Lipinski definition) is 0. The highest BCUT2D eigenvalue weighted by Crippen LogP contribution is 2.27. The van der Waals surface area contributed by atoms with Crippen LogP contribution in [0.25, 0.3) is 0 Å². The molecule has 3 heteroatoms. The number of ether oxygens (including phenoxy) is 2. The highest BCUT2D eigenvalue weighted by atomic mass is 16.5. The van der Waals surface area contributed by atoms with Crippen molar-refractivity contribution < 1.29 is 9.47 Å². The SMILES string of the molecule is CCCc1nc(Cc2cccc(Oc3ccccc3)c2)c(C)cc1OCc1ccccc1. The third kappa shape index (κ3) is 5.76. The van der Waals surface area contributed by atoms with Gasteiger partial charge in [-0.05, 0) is 60.4 Å². The number of para-hydroxylation sites is 1. The van der Waals surface area contributed by atoms with Crippen LogP contribution in [0.1, 0.15) is 41.4 Å². The van der Waals surface area contributed by atoms with Gasteiger partial charge in [-0.2, -0.15) is 0 Å². The van der Waals surface area contributed by atoms with E-state index in [1.54, 1.807) is 0 Å². The second kappa shape index (κ2) is 10.6. The Hall–Kier alpha value is -3.59. The summed E-state index contributed by atoms with van der Waals surface area (Å²) in [5.41, 5.74) is 5.58. The normalized spacial score (nSPS) is 10.7. The van der Waals surface area contributed by atoms with E-state index in [0.29, 0.717) is 6.61 Å². The molecule has 0 spiro atoms. The molecule has 0 unspecified atom stereocenters.